The predicted octanol–water partition coefficient (Wildman–Crippen LogP) is 2.44. The molecule has 8 heteroatoms. The van der Waals surface area contributed by atoms with Gasteiger partial charge in [0.1, 0.15) is 0 Å². The summed E-state index contributed by atoms with van der Waals surface area (Å²) in [5.41, 5.74) is 0.497. The van der Waals surface area contributed by atoms with E-state index in [4.69, 9.17) is 9.47 Å². The van der Waals surface area contributed by atoms with E-state index in [0.29, 0.717) is 30.4 Å². The van der Waals surface area contributed by atoms with E-state index in [1.807, 2.05) is 0 Å². The zero-order chi connectivity index (χ0) is 17.9. The zero-order valence-corrected chi connectivity index (χ0v) is 14.3. The topological polar surface area (TPSA) is 90.9 Å². The van der Waals surface area contributed by atoms with Crippen LogP contribution in [0, 0.1) is 0 Å². The van der Waals surface area contributed by atoms with E-state index in [1.54, 1.807) is 18.2 Å². The molecule has 0 bridgehead atoms. The van der Waals surface area contributed by atoms with Gasteiger partial charge in [0.15, 0.2) is 11.5 Å². The summed E-state index contributed by atoms with van der Waals surface area (Å²) in [5, 5.41) is 0. The highest BCUT2D eigenvalue weighted by molar-refractivity contribution is 7.92. The lowest BCUT2D eigenvalue weighted by molar-refractivity contribution is 0.0600. The minimum absolute atomic E-state index is 0.0393. The number of methoxy groups -OCH3 is 1. The molecule has 25 heavy (non-hydrogen) atoms. The maximum Gasteiger partial charge on any atom is 0.337 e. The van der Waals surface area contributed by atoms with Crippen molar-refractivity contribution in [3.8, 4) is 11.5 Å². The maximum absolute atomic E-state index is 12.6. The van der Waals surface area contributed by atoms with Crippen LogP contribution in [-0.4, -0.2) is 34.7 Å². The zero-order valence-electron chi connectivity index (χ0n) is 13.5. The molecule has 0 saturated heterocycles. The maximum atomic E-state index is 12.6. The van der Waals surface area contributed by atoms with Gasteiger partial charge in [0, 0.05) is 12.5 Å². The second-order valence-corrected chi connectivity index (χ2v) is 7.02. The Hall–Kier alpha value is -2.74. The third-order valence-corrected chi connectivity index (χ3v) is 4.94. The summed E-state index contributed by atoms with van der Waals surface area (Å²) in [6.07, 6.45) is 0.760. The number of sulfonamides is 1. The quantitative estimate of drug-likeness (QED) is 0.839. The molecular formula is C17H17NO6S. The Morgan fingerprint density at radius 2 is 1.84 bits per heavy atom. The third kappa shape index (κ3) is 3.85. The van der Waals surface area contributed by atoms with E-state index < -0.39 is 16.0 Å². The molecule has 0 saturated carbocycles. The number of carbonyl (C=O) groups excluding carboxylic acids is 1. The standard InChI is InChI=1S/C17H17NO6S/c1-22-17(19)12-4-2-5-14(10-12)25(20,21)18-13-6-7-15-16(11-13)24-9-3-8-23-15/h2,4-7,10-11,18H,3,8-9H2,1H3. The van der Waals surface area contributed by atoms with Gasteiger partial charge in [-0.3, -0.25) is 4.72 Å². The number of carbonyl (C=O) groups is 1. The minimum Gasteiger partial charge on any atom is -0.490 e. The molecule has 2 aromatic carbocycles. The number of ether oxygens (including phenoxy) is 3. The number of hydrogen-bond acceptors (Lipinski definition) is 6. The lowest BCUT2D eigenvalue weighted by Crippen LogP contribution is -2.14. The van der Waals surface area contributed by atoms with E-state index in [9.17, 15) is 13.2 Å². The number of hydrogen-bond donors (Lipinski definition) is 1. The molecule has 0 aromatic heterocycles. The number of rotatable bonds is 4. The van der Waals surface area contributed by atoms with Gasteiger partial charge in [-0.05, 0) is 30.3 Å². The second kappa shape index (κ2) is 7.02. The van der Waals surface area contributed by atoms with Crippen LogP contribution in [0.1, 0.15) is 16.8 Å². The Morgan fingerprint density at radius 3 is 2.60 bits per heavy atom. The highest BCUT2D eigenvalue weighted by atomic mass is 32.2. The molecule has 0 radical (unpaired) electrons. The van der Waals surface area contributed by atoms with Crippen LogP contribution < -0.4 is 14.2 Å². The lowest BCUT2D eigenvalue weighted by atomic mass is 10.2. The van der Waals surface area contributed by atoms with Gasteiger partial charge in [0.25, 0.3) is 10.0 Å². The molecule has 7 nitrogen and oxygen atoms in total. The van der Waals surface area contributed by atoms with E-state index in [0.717, 1.165) is 6.42 Å². The summed E-state index contributed by atoms with van der Waals surface area (Å²) in [6, 6.07) is 10.4. The average Bonchev–Trinajstić information content (AvgIpc) is 2.85. The van der Waals surface area contributed by atoms with Gasteiger partial charge in [-0.1, -0.05) is 6.07 Å². The van der Waals surface area contributed by atoms with Gasteiger partial charge >= 0.3 is 5.97 Å². The molecular weight excluding hydrogens is 346 g/mol. The summed E-state index contributed by atoms with van der Waals surface area (Å²) >= 11 is 0. The summed E-state index contributed by atoms with van der Waals surface area (Å²) in [5.74, 6) is 0.460. The highest BCUT2D eigenvalue weighted by Crippen LogP contribution is 2.33. The van der Waals surface area contributed by atoms with Crippen LogP contribution in [0.3, 0.4) is 0 Å². The molecule has 3 rings (SSSR count). The molecule has 2 aromatic rings. The van der Waals surface area contributed by atoms with Crippen molar-refractivity contribution in [1.82, 2.24) is 0 Å². The molecule has 0 unspecified atom stereocenters. The molecule has 1 aliphatic rings. The number of nitrogens with one attached hydrogen (secondary N) is 1. The first-order valence-electron chi connectivity index (χ1n) is 7.60. The number of fused-ring (bicyclic) bond motifs is 1. The van der Waals surface area contributed by atoms with Gasteiger partial charge < -0.3 is 14.2 Å². The largest absolute Gasteiger partial charge is 0.490 e. The molecule has 1 N–H and O–H groups in total. The van der Waals surface area contributed by atoms with Crippen LogP contribution in [0.15, 0.2) is 47.4 Å². The van der Waals surface area contributed by atoms with Crippen LogP contribution >= 0.6 is 0 Å². The van der Waals surface area contributed by atoms with Crippen LogP contribution in [0.25, 0.3) is 0 Å². The Kier molecular flexibility index (Phi) is 4.80. The molecule has 0 aliphatic carbocycles. The number of anilines is 1. The molecule has 132 valence electrons. The van der Waals surface area contributed by atoms with E-state index in [-0.39, 0.29) is 10.5 Å². The van der Waals surface area contributed by atoms with Crippen molar-refractivity contribution >= 4 is 21.7 Å². The van der Waals surface area contributed by atoms with Crippen molar-refractivity contribution < 1.29 is 27.4 Å². The summed E-state index contributed by atoms with van der Waals surface area (Å²) in [7, 11) is -2.63. The lowest BCUT2D eigenvalue weighted by Gasteiger charge is -2.12. The molecule has 0 fully saturated rings. The first-order valence-corrected chi connectivity index (χ1v) is 9.09. The second-order valence-electron chi connectivity index (χ2n) is 5.34. The van der Waals surface area contributed by atoms with Gasteiger partial charge in [-0.2, -0.15) is 0 Å². The first-order chi connectivity index (χ1) is 12.0. The first kappa shape index (κ1) is 17.1. The van der Waals surface area contributed by atoms with Crippen LogP contribution in [0.4, 0.5) is 5.69 Å². The molecule has 0 atom stereocenters. The van der Waals surface area contributed by atoms with Crippen molar-refractivity contribution in [2.45, 2.75) is 11.3 Å². The SMILES string of the molecule is COC(=O)c1cccc(S(=O)(=O)Nc2ccc3c(c2)OCCCO3)c1. The highest BCUT2D eigenvalue weighted by Gasteiger charge is 2.18. The molecule has 0 amide bonds. The van der Waals surface area contributed by atoms with E-state index in [1.165, 1.54) is 31.4 Å². The van der Waals surface area contributed by atoms with E-state index in [2.05, 4.69) is 9.46 Å². The van der Waals surface area contributed by atoms with Gasteiger partial charge in [0.2, 0.25) is 0 Å². The van der Waals surface area contributed by atoms with Crippen molar-refractivity contribution in [2.24, 2.45) is 0 Å². The molecule has 1 aliphatic heterocycles. The van der Waals surface area contributed by atoms with Crippen molar-refractivity contribution in [3.63, 3.8) is 0 Å². The van der Waals surface area contributed by atoms with E-state index >= 15 is 0 Å². The van der Waals surface area contributed by atoms with Crippen LogP contribution in [0.5, 0.6) is 11.5 Å². The fourth-order valence-corrected chi connectivity index (χ4v) is 3.44. The Morgan fingerprint density at radius 1 is 1.08 bits per heavy atom. The fourth-order valence-electron chi connectivity index (χ4n) is 2.35. The van der Waals surface area contributed by atoms with Crippen molar-refractivity contribution in [3.05, 3.63) is 48.0 Å². The Labute approximate surface area is 145 Å². The predicted molar refractivity (Wildman–Crippen MR) is 90.6 cm³/mol. The fraction of sp³-hybridized carbons (Fsp3) is 0.235. The van der Waals surface area contributed by atoms with Gasteiger partial charge in [0.05, 0.1) is 36.5 Å². The summed E-state index contributed by atoms with van der Waals surface area (Å²) in [4.78, 5) is 11.5. The van der Waals surface area contributed by atoms with Gasteiger partial charge in [-0.25, -0.2) is 13.2 Å². The van der Waals surface area contributed by atoms with Gasteiger partial charge in [-0.15, -0.1) is 0 Å². The number of benzene rings is 2. The van der Waals surface area contributed by atoms with Crippen molar-refractivity contribution in [2.75, 3.05) is 25.0 Å². The van der Waals surface area contributed by atoms with Crippen molar-refractivity contribution in [1.29, 1.82) is 0 Å². The third-order valence-electron chi connectivity index (χ3n) is 3.57. The Bertz CT molecular complexity index is 894. The van der Waals surface area contributed by atoms with Crippen LogP contribution in [-0.2, 0) is 14.8 Å². The normalized spacial score (nSPS) is 13.6. The minimum atomic E-state index is -3.87. The smallest absolute Gasteiger partial charge is 0.337 e. The van der Waals surface area contributed by atoms with Crippen LogP contribution in [0.2, 0.25) is 0 Å². The Balaban J connectivity index is 1.87. The summed E-state index contributed by atoms with van der Waals surface area (Å²) < 4.78 is 43.3. The molecule has 1 heterocycles. The monoisotopic (exact) mass is 363 g/mol. The number of esters is 1. The average molecular weight is 363 g/mol. The molecule has 0 spiro atoms. The summed E-state index contributed by atoms with van der Waals surface area (Å²) in [6.45, 7) is 1.06.